The Labute approximate surface area is 182 Å². The van der Waals surface area contributed by atoms with Crippen LogP contribution in [0.4, 0.5) is 5.69 Å². The van der Waals surface area contributed by atoms with Crippen molar-refractivity contribution in [2.24, 2.45) is 0 Å². The molecule has 2 aliphatic heterocycles. The van der Waals surface area contributed by atoms with Gasteiger partial charge in [0, 0.05) is 25.2 Å². The lowest BCUT2D eigenvalue weighted by atomic mass is 10.0. The minimum atomic E-state index is -0.620. The first-order valence-electron chi connectivity index (χ1n) is 9.80. The average Bonchev–Trinajstić information content (AvgIpc) is 2.76. The zero-order chi connectivity index (χ0) is 20.4. The van der Waals surface area contributed by atoms with E-state index in [1.807, 2.05) is 53.4 Å². The number of fused-ring (bicyclic) bond motifs is 1. The van der Waals surface area contributed by atoms with E-state index in [-0.39, 0.29) is 36.8 Å². The van der Waals surface area contributed by atoms with Crippen molar-refractivity contribution in [3.05, 3.63) is 54.1 Å². The van der Waals surface area contributed by atoms with Crippen LogP contribution in [0.5, 0.6) is 11.5 Å². The van der Waals surface area contributed by atoms with E-state index in [1.54, 1.807) is 14.0 Å². The van der Waals surface area contributed by atoms with Gasteiger partial charge in [-0.25, -0.2) is 0 Å². The molecule has 1 saturated heterocycles. The van der Waals surface area contributed by atoms with Gasteiger partial charge in [-0.2, -0.15) is 0 Å². The molecule has 7 nitrogen and oxygen atoms in total. The second kappa shape index (κ2) is 9.36. The standard InChI is InChI=1S/C22H25N3O4.ClH/c1-15-22(27)25(17-8-4-6-10-20(17)29-15)14-21(26)24-12-11-23-13-18(24)16-7-3-5-9-19(16)28-2;/h3-10,15,18,23H,11-14H2,1-2H3;1H. The zero-order valence-corrected chi connectivity index (χ0v) is 17.9. The monoisotopic (exact) mass is 431 g/mol. The van der Waals surface area contributed by atoms with Gasteiger partial charge in [-0.3, -0.25) is 14.5 Å². The van der Waals surface area contributed by atoms with Crippen LogP contribution in [-0.4, -0.2) is 56.1 Å². The van der Waals surface area contributed by atoms with Gasteiger partial charge in [-0.1, -0.05) is 30.3 Å². The number of methoxy groups -OCH3 is 1. The molecule has 160 valence electrons. The van der Waals surface area contributed by atoms with Crippen molar-refractivity contribution in [2.75, 3.05) is 38.2 Å². The number of para-hydroxylation sites is 3. The normalized spacial score (nSPS) is 20.7. The number of hydrogen-bond donors (Lipinski definition) is 1. The molecule has 0 radical (unpaired) electrons. The van der Waals surface area contributed by atoms with Crippen molar-refractivity contribution < 1.29 is 19.1 Å². The quantitative estimate of drug-likeness (QED) is 0.805. The van der Waals surface area contributed by atoms with E-state index in [0.717, 1.165) is 11.3 Å². The number of rotatable bonds is 4. The van der Waals surface area contributed by atoms with Crippen molar-refractivity contribution in [3.63, 3.8) is 0 Å². The van der Waals surface area contributed by atoms with Crippen LogP contribution in [0.25, 0.3) is 0 Å². The Bertz CT molecular complexity index is 923. The Morgan fingerprint density at radius 1 is 1.20 bits per heavy atom. The van der Waals surface area contributed by atoms with Gasteiger partial charge >= 0.3 is 0 Å². The molecule has 2 aromatic rings. The summed E-state index contributed by atoms with van der Waals surface area (Å²) in [6.45, 7) is 3.60. The minimum Gasteiger partial charge on any atom is -0.496 e. The fourth-order valence-corrected chi connectivity index (χ4v) is 3.97. The molecule has 0 saturated carbocycles. The average molecular weight is 432 g/mol. The Morgan fingerprint density at radius 3 is 2.73 bits per heavy atom. The molecule has 2 aliphatic rings. The van der Waals surface area contributed by atoms with Gasteiger partial charge in [0.2, 0.25) is 5.91 Å². The zero-order valence-electron chi connectivity index (χ0n) is 17.0. The molecule has 0 spiro atoms. The number of piperazine rings is 1. The Hall–Kier alpha value is -2.77. The highest BCUT2D eigenvalue weighted by Gasteiger charge is 2.36. The van der Waals surface area contributed by atoms with Gasteiger partial charge in [0.25, 0.3) is 5.91 Å². The molecule has 8 heteroatoms. The lowest BCUT2D eigenvalue weighted by Gasteiger charge is -2.39. The number of halogens is 1. The summed E-state index contributed by atoms with van der Waals surface area (Å²) >= 11 is 0. The summed E-state index contributed by atoms with van der Waals surface area (Å²) in [6.07, 6.45) is -0.620. The summed E-state index contributed by atoms with van der Waals surface area (Å²) in [6, 6.07) is 14.9. The van der Waals surface area contributed by atoms with Crippen LogP contribution in [0.15, 0.2) is 48.5 Å². The highest BCUT2D eigenvalue weighted by molar-refractivity contribution is 6.03. The third-order valence-electron chi connectivity index (χ3n) is 5.43. The number of amides is 2. The summed E-state index contributed by atoms with van der Waals surface area (Å²) in [7, 11) is 1.63. The first-order chi connectivity index (χ1) is 14.1. The molecule has 2 atom stereocenters. The second-order valence-electron chi connectivity index (χ2n) is 7.20. The fourth-order valence-electron chi connectivity index (χ4n) is 3.97. The topological polar surface area (TPSA) is 71.1 Å². The van der Waals surface area contributed by atoms with Gasteiger partial charge in [0.15, 0.2) is 6.10 Å². The molecule has 2 heterocycles. The summed E-state index contributed by atoms with van der Waals surface area (Å²) in [4.78, 5) is 29.5. The van der Waals surface area contributed by atoms with Crippen molar-refractivity contribution in [1.82, 2.24) is 10.2 Å². The first-order valence-corrected chi connectivity index (χ1v) is 9.80. The molecular weight excluding hydrogens is 406 g/mol. The third kappa shape index (κ3) is 4.08. The van der Waals surface area contributed by atoms with Gasteiger partial charge in [-0.05, 0) is 25.1 Å². The maximum Gasteiger partial charge on any atom is 0.268 e. The largest absolute Gasteiger partial charge is 0.496 e. The predicted molar refractivity (Wildman–Crippen MR) is 116 cm³/mol. The Morgan fingerprint density at radius 2 is 1.93 bits per heavy atom. The smallest absolute Gasteiger partial charge is 0.268 e. The number of nitrogens with one attached hydrogen (secondary N) is 1. The maximum atomic E-state index is 13.3. The molecule has 2 unspecified atom stereocenters. The number of benzene rings is 2. The van der Waals surface area contributed by atoms with Gasteiger partial charge in [0.1, 0.15) is 18.0 Å². The van der Waals surface area contributed by atoms with Crippen molar-refractivity contribution >= 4 is 29.9 Å². The Balaban J connectivity index is 0.00000256. The summed E-state index contributed by atoms with van der Waals surface area (Å²) in [5, 5.41) is 3.35. The van der Waals surface area contributed by atoms with Gasteiger partial charge < -0.3 is 19.7 Å². The van der Waals surface area contributed by atoms with E-state index in [9.17, 15) is 9.59 Å². The molecule has 0 aliphatic carbocycles. The van der Waals surface area contributed by atoms with Crippen LogP contribution in [0, 0.1) is 0 Å². The summed E-state index contributed by atoms with van der Waals surface area (Å²) in [5.41, 5.74) is 1.59. The van der Waals surface area contributed by atoms with E-state index in [4.69, 9.17) is 9.47 Å². The van der Waals surface area contributed by atoms with Crippen molar-refractivity contribution in [2.45, 2.75) is 19.1 Å². The van der Waals surface area contributed by atoms with Gasteiger partial charge in [0.05, 0.1) is 18.8 Å². The number of carbonyl (C=O) groups is 2. The molecular formula is C22H26ClN3O4. The van der Waals surface area contributed by atoms with Crippen LogP contribution in [0.2, 0.25) is 0 Å². The van der Waals surface area contributed by atoms with E-state index in [0.29, 0.717) is 31.1 Å². The maximum absolute atomic E-state index is 13.3. The van der Waals surface area contributed by atoms with Crippen LogP contribution in [0.1, 0.15) is 18.5 Å². The second-order valence-corrected chi connectivity index (χ2v) is 7.20. The third-order valence-corrected chi connectivity index (χ3v) is 5.43. The lowest BCUT2D eigenvalue weighted by Crippen LogP contribution is -2.54. The molecule has 1 fully saturated rings. The van der Waals surface area contributed by atoms with E-state index >= 15 is 0 Å². The van der Waals surface area contributed by atoms with Crippen molar-refractivity contribution in [3.8, 4) is 11.5 Å². The highest BCUT2D eigenvalue weighted by atomic mass is 35.5. The minimum absolute atomic E-state index is 0. The molecule has 2 amide bonds. The van der Waals surface area contributed by atoms with Crippen molar-refractivity contribution in [1.29, 1.82) is 0 Å². The van der Waals surface area contributed by atoms with Crippen LogP contribution < -0.4 is 19.7 Å². The van der Waals surface area contributed by atoms with E-state index < -0.39 is 6.10 Å². The van der Waals surface area contributed by atoms with Crippen LogP contribution in [0.3, 0.4) is 0 Å². The van der Waals surface area contributed by atoms with Gasteiger partial charge in [-0.15, -0.1) is 12.4 Å². The molecule has 2 aromatic carbocycles. The number of hydrogen-bond acceptors (Lipinski definition) is 5. The van der Waals surface area contributed by atoms with Crippen LogP contribution in [-0.2, 0) is 9.59 Å². The Kier molecular flexibility index (Phi) is 6.84. The van der Waals surface area contributed by atoms with E-state index in [1.165, 1.54) is 4.90 Å². The molecule has 0 aromatic heterocycles. The molecule has 4 rings (SSSR count). The summed E-state index contributed by atoms with van der Waals surface area (Å²) < 4.78 is 11.2. The highest BCUT2D eigenvalue weighted by Crippen LogP contribution is 2.34. The van der Waals surface area contributed by atoms with Crippen LogP contribution >= 0.6 is 12.4 Å². The number of anilines is 1. The first kappa shape index (κ1) is 21.9. The number of carbonyl (C=O) groups excluding carboxylic acids is 2. The summed E-state index contributed by atoms with van der Waals surface area (Å²) in [5.74, 6) is 1.06. The SMILES string of the molecule is COc1ccccc1C1CNCCN1C(=O)CN1C(=O)C(C)Oc2ccccc21.Cl. The predicted octanol–water partition coefficient (Wildman–Crippen LogP) is 2.40. The fraction of sp³-hybridized carbons (Fsp3) is 0.364. The molecule has 0 bridgehead atoms. The number of nitrogens with zero attached hydrogens (tertiary/aromatic N) is 2. The number of ether oxygens (including phenoxy) is 2. The van der Waals surface area contributed by atoms with E-state index in [2.05, 4.69) is 5.32 Å². The lowest BCUT2D eigenvalue weighted by molar-refractivity contribution is -0.135. The molecule has 1 N–H and O–H groups in total. The molecule has 30 heavy (non-hydrogen) atoms.